The fraction of sp³-hybridized carbons (Fsp3) is 0.400. The molecule has 0 saturated heterocycles. The molecule has 6 heteroatoms. The lowest BCUT2D eigenvalue weighted by Gasteiger charge is -2.24. The lowest BCUT2D eigenvalue weighted by Crippen LogP contribution is -2.39. The number of carbonyl (C=O) groups excluding carboxylic acids is 1. The zero-order valence-electron chi connectivity index (χ0n) is 16.1. The first-order valence-electron chi connectivity index (χ1n) is 8.63. The molecule has 6 nitrogen and oxygen atoms in total. The third kappa shape index (κ3) is 4.65. The molecular formula is C20H27N3O3. The maximum atomic E-state index is 12.6. The quantitative estimate of drug-likeness (QED) is 0.821. The van der Waals surface area contributed by atoms with Gasteiger partial charge in [-0.05, 0) is 48.2 Å². The Morgan fingerprint density at radius 3 is 2.58 bits per heavy atom. The van der Waals surface area contributed by atoms with E-state index in [1.165, 1.54) is 0 Å². The summed E-state index contributed by atoms with van der Waals surface area (Å²) >= 11 is 0. The van der Waals surface area contributed by atoms with Gasteiger partial charge in [-0.3, -0.25) is 4.98 Å². The van der Waals surface area contributed by atoms with Gasteiger partial charge in [-0.1, -0.05) is 13.0 Å². The van der Waals surface area contributed by atoms with E-state index in [1.807, 2.05) is 38.1 Å². The summed E-state index contributed by atoms with van der Waals surface area (Å²) in [6.07, 6.45) is 4.31. The molecule has 140 valence electrons. The number of hydrogen-bond acceptors (Lipinski definition) is 4. The Balaban J connectivity index is 2.09. The number of aromatic nitrogens is 1. The Bertz CT molecular complexity index is 749. The van der Waals surface area contributed by atoms with E-state index in [4.69, 9.17) is 9.47 Å². The van der Waals surface area contributed by atoms with E-state index in [1.54, 1.807) is 38.6 Å². The van der Waals surface area contributed by atoms with Gasteiger partial charge in [0, 0.05) is 26.0 Å². The van der Waals surface area contributed by atoms with Crippen molar-refractivity contribution in [1.29, 1.82) is 0 Å². The van der Waals surface area contributed by atoms with Crippen molar-refractivity contribution in [2.75, 3.05) is 21.3 Å². The zero-order chi connectivity index (χ0) is 19.1. The van der Waals surface area contributed by atoms with Gasteiger partial charge in [-0.15, -0.1) is 0 Å². The molecule has 0 spiro atoms. The van der Waals surface area contributed by atoms with Gasteiger partial charge in [0.05, 0.1) is 20.3 Å². The van der Waals surface area contributed by atoms with Crippen molar-refractivity contribution < 1.29 is 14.3 Å². The monoisotopic (exact) mass is 357 g/mol. The second-order valence-electron chi connectivity index (χ2n) is 6.18. The van der Waals surface area contributed by atoms with Crippen molar-refractivity contribution in [3.63, 3.8) is 0 Å². The highest BCUT2D eigenvalue weighted by Crippen LogP contribution is 2.30. The fourth-order valence-corrected chi connectivity index (χ4v) is 2.76. The molecule has 1 N–H and O–H groups in total. The number of benzene rings is 1. The second-order valence-corrected chi connectivity index (χ2v) is 6.18. The van der Waals surface area contributed by atoms with E-state index < -0.39 is 0 Å². The van der Waals surface area contributed by atoms with Gasteiger partial charge >= 0.3 is 6.03 Å². The molecule has 0 aliphatic carbocycles. The summed E-state index contributed by atoms with van der Waals surface area (Å²) in [6.45, 7) is 4.56. The lowest BCUT2D eigenvalue weighted by molar-refractivity contribution is 0.202. The van der Waals surface area contributed by atoms with Crippen LogP contribution in [0.5, 0.6) is 11.5 Å². The maximum absolute atomic E-state index is 12.6. The molecule has 1 unspecified atom stereocenters. The summed E-state index contributed by atoms with van der Waals surface area (Å²) in [4.78, 5) is 18.4. The topological polar surface area (TPSA) is 63.7 Å². The summed E-state index contributed by atoms with van der Waals surface area (Å²) in [5.41, 5.74) is 3.13. The number of methoxy groups -OCH3 is 2. The molecule has 0 aliphatic heterocycles. The largest absolute Gasteiger partial charge is 0.493 e. The van der Waals surface area contributed by atoms with E-state index >= 15 is 0 Å². The predicted octanol–water partition coefficient (Wildman–Crippen LogP) is 3.70. The van der Waals surface area contributed by atoms with Crippen LogP contribution in [0.15, 0.2) is 36.7 Å². The molecule has 0 saturated carbocycles. The minimum atomic E-state index is -0.122. The molecule has 1 aromatic heterocycles. The SMILES string of the molecule is CCC(NC(=O)N(C)Cc1ccncc1C)c1ccc(OC)c(OC)c1. The van der Waals surface area contributed by atoms with Gasteiger partial charge < -0.3 is 19.7 Å². The number of rotatable bonds is 7. The van der Waals surface area contributed by atoms with Crippen molar-refractivity contribution in [3.8, 4) is 11.5 Å². The van der Waals surface area contributed by atoms with Gasteiger partial charge in [0.1, 0.15) is 0 Å². The Kier molecular flexibility index (Phi) is 6.83. The van der Waals surface area contributed by atoms with Crippen molar-refractivity contribution in [1.82, 2.24) is 15.2 Å². The molecule has 2 aromatic rings. The predicted molar refractivity (Wildman–Crippen MR) is 102 cm³/mol. The molecule has 1 atom stereocenters. The number of nitrogens with one attached hydrogen (secondary N) is 1. The summed E-state index contributed by atoms with van der Waals surface area (Å²) in [7, 11) is 5.00. The van der Waals surface area contributed by atoms with Crippen LogP contribution in [-0.4, -0.2) is 37.2 Å². The molecule has 0 bridgehead atoms. The first-order chi connectivity index (χ1) is 12.5. The van der Waals surface area contributed by atoms with Crippen molar-refractivity contribution in [3.05, 3.63) is 53.3 Å². The fourth-order valence-electron chi connectivity index (χ4n) is 2.76. The van der Waals surface area contributed by atoms with Crippen molar-refractivity contribution >= 4 is 6.03 Å². The lowest BCUT2D eigenvalue weighted by atomic mass is 10.0. The van der Waals surface area contributed by atoms with Crippen LogP contribution >= 0.6 is 0 Å². The highest BCUT2D eigenvalue weighted by molar-refractivity contribution is 5.74. The molecule has 26 heavy (non-hydrogen) atoms. The first-order valence-corrected chi connectivity index (χ1v) is 8.63. The zero-order valence-corrected chi connectivity index (χ0v) is 16.1. The average molecular weight is 357 g/mol. The van der Waals surface area contributed by atoms with Crippen molar-refractivity contribution in [2.45, 2.75) is 32.9 Å². The number of hydrogen-bond donors (Lipinski definition) is 1. The van der Waals surface area contributed by atoms with E-state index in [9.17, 15) is 4.79 Å². The molecule has 0 radical (unpaired) electrons. The van der Waals surface area contributed by atoms with E-state index in [2.05, 4.69) is 10.3 Å². The van der Waals surface area contributed by atoms with E-state index in [-0.39, 0.29) is 12.1 Å². The summed E-state index contributed by atoms with van der Waals surface area (Å²) in [5.74, 6) is 1.32. The normalized spacial score (nSPS) is 11.6. The van der Waals surface area contributed by atoms with Crippen LogP contribution in [-0.2, 0) is 6.54 Å². The van der Waals surface area contributed by atoms with Gasteiger partial charge in [-0.2, -0.15) is 0 Å². The van der Waals surface area contributed by atoms with Crippen LogP contribution in [0.3, 0.4) is 0 Å². The van der Waals surface area contributed by atoms with E-state index in [0.29, 0.717) is 18.0 Å². The standard InChI is InChI=1S/C20H27N3O3/c1-6-17(15-7-8-18(25-4)19(11-15)26-5)22-20(24)23(3)13-16-9-10-21-12-14(16)2/h7-12,17H,6,13H2,1-5H3,(H,22,24). The highest BCUT2D eigenvalue weighted by Gasteiger charge is 2.18. The minimum Gasteiger partial charge on any atom is -0.493 e. The number of pyridine rings is 1. The Morgan fingerprint density at radius 2 is 1.96 bits per heavy atom. The van der Waals surface area contributed by atoms with Crippen LogP contribution in [0.1, 0.15) is 36.1 Å². The number of amides is 2. The number of nitrogens with zero attached hydrogens (tertiary/aromatic N) is 2. The Labute approximate surface area is 155 Å². The van der Waals surface area contributed by atoms with E-state index in [0.717, 1.165) is 23.1 Å². The number of aryl methyl sites for hydroxylation is 1. The summed E-state index contributed by atoms with van der Waals surface area (Å²) in [6, 6.07) is 7.41. The van der Waals surface area contributed by atoms with Crippen LogP contribution in [0.2, 0.25) is 0 Å². The average Bonchev–Trinajstić information content (AvgIpc) is 2.67. The summed E-state index contributed by atoms with van der Waals surface area (Å²) < 4.78 is 10.6. The maximum Gasteiger partial charge on any atom is 0.317 e. The Morgan fingerprint density at radius 1 is 1.23 bits per heavy atom. The molecule has 0 fully saturated rings. The summed E-state index contributed by atoms with van der Waals surface area (Å²) in [5, 5.41) is 3.09. The molecule has 0 aliphatic rings. The molecular weight excluding hydrogens is 330 g/mol. The van der Waals surface area contributed by atoms with Crippen molar-refractivity contribution in [2.24, 2.45) is 0 Å². The molecule has 2 amide bonds. The number of urea groups is 1. The number of carbonyl (C=O) groups is 1. The third-order valence-corrected chi connectivity index (χ3v) is 4.41. The van der Waals surface area contributed by atoms with Crippen LogP contribution in [0.4, 0.5) is 4.79 Å². The van der Waals surface area contributed by atoms with Crippen LogP contribution < -0.4 is 14.8 Å². The smallest absolute Gasteiger partial charge is 0.317 e. The molecule has 1 aromatic carbocycles. The second kappa shape index (κ2) is 9.08. The minimum absolute atomic E-state index is 0.108. The third-order valence-electron chi connectivity index (χ3n) is 4.41. The van der Waals surface area contributed by atoms with Gasteiger partial charge in [0.25, 0.3) is 0 Å². The first kappa shape index (κ1) is 19.6. The van der Waals surface area contributed by atoms with Gasteiger partial charge in [0.2, 0.25) is 0 Å². The highest BCUT2D eigenvalue weighted by atomic mass is 16.5. The molecule has 1 heterocycles. The molecule has 2 rings (SSSR count). The Hall–Kier alpha value is -2.76. The van der Waals surface area contributed by atoms with Crippen LogP contribution in [0.25, 0.3) is 0 Å². The van der Waals surface area contributed by atoms with Crippen LogP contribution in [0, 0.1) is 6.92 Å². The van der Waals surface area contributed by atoms with Gasteiger partial charge in [0.15, 0.2) is 11.5 Å². The number of ether oxygens (including phenoxy) is 2. The van der Waals surface area contributed by atoms with Gasteiger partial charge in [-0.25, -0.2) is 4.79 Å².